The van der Waals surface area contributed by atoms with Gasteiger partial charge in [-0.1, -0.05) is 52.2 Å². The zero-order chi connectivity index (χ0) is 15.3. The summed E-state index contributed by atoms with van der Waals surface area (Å²) in [5, 5.41) is 0. The molecule has 0 amide bonds. The maximum atomic E-state index is 11.3. The van der Waals surface area contributed by atoms with Crippen molar-refractivity contribution in [3.05, 3.63) is 0 Å². The molecule has 0 fully saturated rings. The molecule has 0 unspecified atom stereocenters. The molecular formula is C13H30O3Si3. The maximum absolute atomic E-state index is 11.3. The fourth-order valence-corrected chi connectivity index (χ4v) is 8.96. The van der Waals surface area contributed by atoms with Crippen molar-refractivity contribution in [2.75, 3.05) is 12.8 Å². The van der Waals surface area contributed by atoms with Gasteiger partial charge in [-0.25, -0.2) is 4.79 Å². The number of carbonyl (C=O) groups is 1. The van der Waals surface area contributed by atoms with Gasteiger partial charge in [0, 0.05) is 17.6 Å². The van der Waals surface area contributed by atoms with Crippen molar-refractivity contribution in [2.45, 2.75) is 63.8 Å². The fourth-order valence-electron chi connectivity index (χ4n) is 1.30. The highest BCUT2D eigenvalue weighted by Gasteiger charge is 2.41. The van der Waals surface area contributed by atoms with Crippen LogP contribution in [0.2, 0.25) is 43.1 Å². The molecule has 0 saturated heterocycles. The van der Waals surface area contributed by atoms with Crippen LogP contribution < -0.4 is 0 Å². The SMILES string of the molecule is CCOC(=O)OC[Si](C)(C)C(C)(C)[Si]C[Si](C)(C)C. The summed E-state index contributed by atoms with van der Waals surface area (Å²) < 4.78 is 10.4. The van der Waals surface area contributed by atoms with Crippen molar-refractivity contribution in [3.8, 4) is 0 Å². The summed E-state index contributed by atoms with van der Waals surface area (Å²) in [4.78, 5) is 11.3. The van der Waals surface area contributed by atoms with Gasteiger partial charge in [-0.3, -0.25) is 0 Å². The molecule has 0 aliphatic rings. The van der Waals surface area contributed by atoms with Gasteiger partial charge >= 0.3 is 6.16 Å². The van der Waals surface area contributed by atoms with Crippen LogP contribution in [0.3, 0.4) is 0 Å². The van der Waals surface area contributed by atoms with Gasteiger partial charge in [-0.2, -0.15) is 0 Å². The van der Waals surface area contributed by atoms with Crippen molar-refractivity contribution in [1.82, 2.24) is 0 Å². The normalized spacial score (nSPS) is 13.3. The van der Waals surface area contributed by atoms with Gasteiger partial charge < -0.3 is 9.47 Å². The minimum atomic E-state index is -1.61. The van der Waals surface area contributed by atoms with Gasteiger partial charge in [0.1, 0.15) is 0 Å². The molecule has 3 nitrogen and oxygen atoms in total. The standard InChI is InChI=1S/C13H30O3Si3/c1-9-15-12(14)16-10-19(7,8)13(2,3)17-11-18(4,5)6/h9-11H2,1-8H3. The third kappa shape index (κ3) is 7.31. The van der Waals surface area contributed by atoms with Gasteiger partial charge in [-0.05, 0) is 11.6 Å². The van der Waals surface area contributed by atoms with Crippen LogP contribution in [0.5, 0.6) is 0 Å². The molecular weight excluding hydrogens is 288 g/mol. The van der Waals surface area contributed by atoms with Crippen LogP contribution in [0.25, 0.3) is 0 Å². The fraction of sp³-hybridized carbons (Fsp3) is 0.923. The van der Waals surface area contributed by atoms with Crippen molar-refractivity contribution >= 4 is 31.8 Å². The van der Waals surface area contributed by atoms with Gasteiger partial charge in [0.25, 0.3) is 0 Å². The molecule has 0 aliphatic carbocycles. The summed E-state index contributed by atoms with van der Waals surface area (Å²) in [6, 6.07) is 0. The van der Waals surface area contributed by atoms with Crippen LogP contribution in [-0.2, 0) is 9.47 Å². The van der Waals surface area contributed by atoms with Crippen molar-refractivity contribution in [3.63, 3.8) is 0 Å². The summed E-state index contributed by atoms with van der Waals surface area (Å²) in [6.45, 7) is 18.7. The second-order valence-electron chi connectivity index (χ2n) is 7.39. The molecule has 6 heteroatoms. The van der Waals surface area contributed by atoms with E-state index in [1.165, 1.54) is 5.67 Å². The molecule has 0 aromatic heterocycles. The highest BCUT2D eigenvalue weighted by Crippen LogP contribution is 2.37. The van der Waals surface area contributed by atoms with E-state index in [-0.39, 0.29) is 0 Å². The third-order valence-electron chi connectivity index (χ3n) is 3.57. The lowest BCUT2D eigenvalue weighted by Gasteiger charge is -2.40. The van der Waals surface area contributed by atoms with Gasteiger partial charge in [0.05, 0.1) is 20.9 Å². The van der Waals surface area contributed by atoms with Crippen LogP contribution in [0.4, 0.5) is 4.79 Å². The molecule has 0 aliphatic heterocycles. The van der Waals surface area contributed by atoms with E-state index in [0.29, 0.717) is 17.5 Å². The molecule has 0 rings (SSSR count). The lowest BCUT2D eigenvalue weighted by atomic mass is 10.5. The van der Waals surface area contributed by atoms with E-state index in [9.17, 15) is 4.79 Å². The molecule has 0 atom stereocenters. The first-order valence-electron chi connectivity index (χ1n) is 6.96. The molecule has 0 aromatic carbocycles. The van der Waals surface area contributed by atoms with E-state index in [1.807, 2.05) is 0 Å². The molecule has 0 N–H and O–H groups in total. The largest absolute Gasteiger partial charge is 0.507 e. The predicted octanol–water partition coefficient (Wildman–Crippen LogP) is 4.14. The molecule has 0 bridgehead atoms. The van der Waals surface area contributed by atoms with Crippen LogP contribution in [0.1, 0.15) is 20.8 Å². The first-order valence-corrected chi connectivity index (χ1v) is 15.1. The number of hydrogen-bond donors (Lipinski definition) is 0. The van der Waals surface area contributed by atoms with E-state index in [1.54, 1.807) is 6.92 Å². The van der Waals surface area contributed by atoms with E-state index >= 15 is 0 Å². The predicted molar refractivity (Wildman–Crippen MR) is 88.4 cm³/mol. The number of ether oxygens (including phenoxy) is 2. The minimum Gasteiger partial charge on any atom is -0.438 e. The zero-order valence-corrected chi connectivity index (χ0v) is 16.8. The average molecular weight is 319 g/mol. The first kappa shape index (κ1) is 18.9. The van der Waals surface area contributed by atoms with Crippen LogP contribution in [0.15, 0.2) is 0 Å². The molecule has 0 spiro atoms. The Bertz CT molecular complexity index is 296. The topological polar surface area (TPSA) is 35.5 Å². The Morgan fingerprint density at radius 2 is 1.63 bits per heavy atom. The summed E-state index contributed by atoms with van der Waals surface area (Å²) in [5.41, 5.74) is 1.36. The second-order valence-corrected chi connectivity index (χ2v) is 21.3. The monoisotopic (exact) mass is 318 g/mol. The Hall–Kier alpha value is -0.0794. The first-order chi connectivity index (χ1) is 8.41. The highest BCUT2D eigenvalue weighted by atomic mass is 28.4. The second kappa shape index (κ2) is 7.08. The molecule has 112 valence electrons. The Labute approximate surface area is 123 Å². The van der Waals surface area contributed by atoms with Crippen LogP contribution in [0, 0.1) is 0 Å². The third-order valence-corrected chi connectivity index (χ3v) is 16.2. The average Bonchev–Trinajstić information content (AvgIpc) is 2.23. The lowest BCUT2D eigenvalue weighted by Crippen LogP contribution is -2.48. The Balaban J connectivity index is 4.46. The lowest BCUT2D eigenvalue weighted by molar-refractivity contribution is 0.0699. The van der Waals surface area contributed by atoms with Gasteiger partial charge in [0.2, 0.25) is 0 Å². The molecule has 0 saturated carbocycles. The quantitative estimate of drug-likeness (QED) is 0.522. The van der Waals surface area contributed by atoms with Gasteiger partial charge in [0.15, 0.2) is 0 Å². The molecule has 2 radical (unpaired) electrons. The summed E-state index contributed by atoms with van der Waals surface area (Å²) in [7, 11) is -1.65. The number of hydrogen-bond acceptors (Lipinski definition) is 3. The Morgan fingerprint density at radius 1 is 1.11 bits per heavy atom. The van der Waals surface area contributed by atoms with E-state index in [4.69, 9.17) is 9.47 Å². The summed E-state index contributed by atoms with van der Waals surface area (Å²) >= 11 is 0. The number of carbonyl (C=O) groups excluding carboxylic acids is 1. The molecule has 0 aromatic rings. The Kier molecular flexibility index (Phi) is 7.05. The van der Waals surface area contributed by atoms with Gasteiger partial charge in [-0.15, -0.1) is 0 Å². The summed E-state index contributed by atoms with van der Waals surface area (Å²) in [5.74, 6) is 0. The van der Waals surface area contributed by atoms with Crippen molar-refractivity contribution < 1.29 is 14.3 Å². The molecule has 0 heterocycles. The molecule has 19 heavy (non-hydrogen) atoms. The Morgan fingerprint density at radius 3 is 2.05 bits per heavy atom. The zero-order valence-electron chi connectivity index (χ0n) is 13.8. The van der Waals surface area contributed by atoms with E-state index in [2.05, 4.69) is 46.6 Å². The smallest absolute Gasteiger partial charge is 0.438 e. The van der Waals surface area contributed by atoms with Crippen LogP contribution in [-0.4, -0.2) is 44.7 Å². The van der Waals surface area contributed by atoms with Crippen LogP contribution >= 0.6 is 0 Å². The maximum Gasteiger partial charge on any atom is 0.507 e. The van der Waals surface area contributed by atoms with E-state index in [0.717, 1.165) is 9.52 Å². The van der Waals surface area contributed by atoms with Crippen molar-refractivity contribution in [1.29, 1.82) is 0 Å². The number of rotatable bonds is 7. The minimum absolute atomic E-state index is 0.305. The summed E-state index contributed by atoms with van der Waals surface area (Å²) in [6.07, 6.45) is 0.0322. The van der Waals surface area contributed by atoms with Crippen molar-refractivity contribution in [2.24, 2.45) is 0 Å². The highest BCUT2D eigenvalue weighted by molar-refractivity contribution is 6.92. The van der Waals surface area contributed by atoms with E-state index < -0.39 is 22.3 Å².